The number of rotatable bonds is 6. The van der Waals surface area contributed by atoms with Crippen LogP contribution in [0.15, 0.2) is 48.5 Å². The Morgan fingerprint density at radius 3 is 2.07 bits per heavy atom. The number of amides is 1. The first kappa shape index (κ1) is 24.2. The van der Waals surface area contributed by atoms with Gasteiger partial charge in [-0.1, -0.05) is 55.5 Å². The fraction of sp³-hybridized carbons (Fsp3) is 0.480. The number of quaternary nitrogens is 1. The number of anilines is 1. The molecule has 1 unspecified atom stereocenters. The molecule has 153 valence electrons. The van der Waals surface area contributed by atoms with Crippen LogP contribution in [0.5, 0.6) is 0 Å². The van der Waals surface area contributed by atoms with Gasteiger partial charge in [0.1, 0.15) is 6.54 Å². The van der Waals surface area contributed by atoms with Gasteiger partial charge in [0.05, 0.1) is 13.1 Å². The second-order valence-electron chi connectivity index (χ2n) is 8.40. The van der Waals surface area contributed by atoms with Gasteiger partial charge < -0.3 is 9.80 Å². The van der Waals surface area contributed by atoms with Crippen molar-refractivity contribution < 1.29 is 42.0 Å². The third-order valence-electron chi connectivity index (χ3n) is 6.38. The molecule has 1 radical (unpaired) electrons. The monoisotopic (exact) mass is 468 g/mol. The summed E-state index contributed by atoms with van der Waals surface area (Å²) in [5, 5.41) is 3.30. The molecular formula is C25H35N2OY+. The first-order chi connectivity index (χ1) is 13.6. The van der Waals surface area contributed by atoms with E-state index in [1.54, 1.807) is 0 Å². The quantitative estimate of drug-likeness (QED) is 0.549. The zero-order valence-electron chi connectivity index (χ0n) is 18.3. The van der Waals surface area contributed by atoms with Crippen molar-refractivity contribution in [2.75, 3.05) is 18.4 Å². The van der Waals surface area contributed by atoms with Gasteiger partial charge in [0, 0.05) is 50.4 Å². The second-order valence-corrected chi connectivity index (χ2v) is 8.40. The maximum atomic E-state index is 13.5. The zero-order valence-corrected chi connectivity index (χ0v) is 21.1. The number of nitrogens with one attached hydrogen (secondary N) is 1. The average Bonchev–Trinajstić information content (AvgIpc) is 2.92. The molecule has 1 fully saturated rings. The first-order valence-corrected chi connectivity index (χ1v) is 10.8. The molecule has 1 heterocycles. The van der Waals surface area contributed by atoms with Gasteiger partial charge in [0.2, 0.25) is 0 Å². The number of carbonyl (C=O) groups excluding carboxylic acids is 1. The van der Waals surface area contributed by atoms with E-state index >= 15 is 0 Å². The normalized spacial score (nSPS) is 16.9. The Hall–Kier alpha value is -1.03. The van der Waals surface area contributed by atoms with Gasteiger partial charge in [0.15, 0.2) is 6.04 Å². The summed E-state index contributed by atoms with van der Waals surface area (Å²) in [6.45, 7) is 9.44. The van der Waals surface area contributed by atoms with Crippen LogP contribution in [0.2, 0.25) is 0 Å². The van der Waals surface area contributed by atoms with Gasteiger partial charge in [-0.05, 0) is 50.7 Å². The van der Waals surface area contributed by atoms with Crippen LogP contribution in [-0.2, 0) is 44.0 Å². The van der Waals surface area contributed by atoms with Crippen molar-refractivity contribution in [3.8, 4) is 0 Å². The Morgan fingerprint density at radius 2 is 1.52 bits per heavy atom. The van der Waals surface area contributed by atoms with Crippen LogP contribution >= 0.6 is 0 Å². The molecule has 1 atom stereocenters. The van der Waals surface area contributed by atoms with Crippen molar-refractivity contribution in [1.29, 1.82) is 0 Å². The topological polar surface area (TPSA) is 29.1 Å². The van der Waals surface area contributed by atoms with Crippen LogP contribution in [0.3, 0.4) is 0 Å². The number of aryl methyl sites for hydroxylation is 2. The van der Waals surface area contributed by atoms with Gasteiger partial charge >= 0.3 is 0 Å². The Balaban J connectivity index is 0.00000300. The fourth-order valence-electron chi connectivity index (χ4n) is 4.89. The number of hydrogen-bond acceptors (Lipinski definition) is 1. The molecule has 0 aliphatic carbocycles. The van der Waals surface area contributed by atoms with Crippen molar-refractivity contribution in [2.45, 2.75) is 65.5 Å². The standard InChI is InChI=1S/C25H34N2O.Y/c1-4-23(25(28)26-24-20(2)13-12-14-21(24)3)27(17-10-5-6-11-18-27)19-22-15-8-7-9-16-22;/h7-9,12-16,23H,4-6,10-11,17-19H2,1-3H3;/p+1. The van der Waals surface area contributed by atoms with Crippen LogP contribution < -0.4 is 5.32 Å². The largest absolute Gasteiger partial charge is 0.320 e. The van der Waals surface area contributed by atoms with Crippen molar-refractivity contribution in [3.63, 3.8) is 0 Å². The SMILES string of the molecule is CCC(C(=O)Nc1c(C)cccc1C)[N+]1(Cc2ccccc2)CCCCCC1.[Y]. The summed E-state index contributed by atoms with van der Waals surface area (Å²) in [7, 11) is 0. The molecule has 3 rings (SSSR count). The summed E-state index contributed by atoms with van der Waals surface area (Å²) in [6, 6.07) is 16.9. The minimum atomic E-state index is -0.0164. The summed E-state index contributed by atoms with van der Waals surface area (Å²) in [5.74, 6) is 0.178. The molecule has 0 bridgehead atoms. The van der Waals surface area contributed by atoms with Crippen molar-refractivity contribution >= 4 is 11.6 Å². The fourth-order valence-corrected chi connectivity index (χ4v) is 4.89. The molecule has 2 aromatic carbocycles. The number of para-hydroxylation sites is 1. The zero-order chi connectivity index (χ0) is 20.0. The van der Waals surface area contributed by atoms with E-state index in [-0.39, 0.29) is 44.7 Å². The smallest absolute Gasteiger partial charge is 0.282 e. The predicted octanol–water partition coefficient (Wildman–Crippen LogP) is 5.61. The third-order valence-corrected chi connectivity index (χ3v) is 6.38. The van der Waals surface area contributed by atoms with Crippen LogP contribution in [0, 0.1) is 13.8 Å². The summed E-state index contributed by atoms with van der Waals surface area (Å²) < 4.78 is 0.886. The van der Waals surface area contributed by atoms with Gasteiger partial charge in [-0.25, -0.2) is 0 Å². The molecule has 29 heavy (non-hydrogen) atoms. The molecule has 1 saturated heterocycles. The van der Waals surface area contributed by atoms with E-state index in [4.69, 9.17) is 0 Å². The molecule has 1 amide bonds. The first-order valence-electron chi connectivity index (χ1n) is 10.8. The number of hydrogen-bond donors (Lipinski definition) is 1. The molecule has 0 aromatic heterocycles. The minimum absolute atomic E-state index is 0. The van der Waals surface area contributed by atoms with E-state index in [2.05, 4.69) is 74.6 Å². The molecular weight excluding hydrogens is 433 g/mol. The summed E-state index contributed by atoms with van der Waals surface area (Å²) in [4.78, 5) is 13.5. The van der Waals surface area contributed by atoms with E-state index in [0.717, 1.165) is 47.4 Å². The van der Waals surface area contributed by atoms with Crippen LogP contribution in [0.4, 0.5) is 5.69 Å². The third kappa shape index (κ3) is 6.00. The van der Waals surface area contributed by atoms with E-state index in [1.807, 2.05) is 0 Å². The van der Waals surface area contributed by atoms with Gasteiger partial charge in [0.25, 0.3) is 5.91 Å². The Kier molecular flexibility index (Phi) is 9.52. The van der Waals surface area contributed by atoms with E-state index in [0.29, 0.717) is 0 Å². The second kappa shape index (κ2) is 11.4. The van der Waals surface area contributed by atoms with E-state index in [1.165, 1.54) is 31.2 Å². The number of nitrogens with zero attached hydrogens (tertiary/aromatic N) is 1. The molecule has 1 aliphatic heterocycles. The predicted molar refractivity (Wildman–Crippen MR) is 117 cm³/mol. The molecule has 0 spiro atoms. The van der Waals surface area contributed by atoms with Gasteiger partial charge in [-0.3, -0.25) is 4.79 Å². The summed E-state index contributed by atoms with van der Waals surface area (Å²) in [5.41, 5.74) is 4.59. The van der Waals surface area contributed by atoms with Crippen molar-refractivity contribution in [1.82, 2.24) is 0 Å². The molecule has 4 heteroatoms. The van der Waals surface area contributed by atoms with Crippen molar-refractivity contribution in [3.05, 3.63) is 65.2 Å². The number of benzene rings is 2. The minimum Gasteiger partial charge on any atom is -0.320 e. The number of carbonyl (C=O) groups is 1. The molecule has 1 N–H and O–H groups in total. The molecule has 0 saturated carbocycles. The number of likely N-dealkylation sites (tertiary alicyclic amines) is 1. The van der Waals surface area contributed by atoms with E-state index < -0.39 is 0 Å². The van der Waals surface area contributed by atoms with Crippen LogP contribution in [0.25, 0.3) is 0 Å². The average molecular weight is 468 g/mol. The molecule has 2 aromatic rings. The molecule has 3 nitrogen and oxygen atoms in total. The van der Waals surface area contributed by atoms with Crippen molar-refractivity contribution in [2.24, 2.45) is 0 Å². The summed E-state index contributed by atoms with van der Waals surface area (Å²) in [6.07, 6.45) is 5.84. The summed E-state index contributed by atoms with van der Waals surface area (Å²) >= 11 is 0. The van der Waals surface area contributed by atoms with Crippen LogP contribution in [0.1, 0.15) is 55.7 Å². The maximum absolute atomic E-state index is 13.5. The Bertz CT molecular complexity index is 762. The maximum Gasteiger partial charge on any atom is 0.282 e. The van der Waals surface area contributed by atoms with Crippen LogP contribution in [-0.4, -0.2) is 29.5 Å². The Labute approximate surface area is 201 Å². The van der Waals surface area contributed by atoms with Gasteiger partial charge in [-0.2, -0.15) is 0 Å². The van der Waals surface area contributed by atoms with Gasteiger partial charge in [-0.15, -0.1) is 0 Å². The Morgan fingerprint density at radius 1 is 0.931 bits per heavy atom. The molecule has 1 aliphatic rings. The van der Waals surface area contributed by atoms with E-state index in [9.17, 15) is 4.79 Å².